The first-order valence-corrected chi connectivity index (χ1v) is 4.32. The first-order chi connectivity index (χ1) is 5.88. The summed E-state index contributed by atoms with van der Waals surface area (Å²) in [6, 6.07) is 0. The molecule has 76 valence electrons. The third-order valence-electron chi connectivity index (χ3n) is 1.54. The van der Waals surface area contributed by atoms with Crippen molar-refractivity contribution in [1.82, 2.24) is 0 Å². The number of hydrogen-bond donors (Lipinski definition) is 0. The summed E-state index contributed by atoms with van der Waals surface area (Å²) in [6.45, 7) is 5.34. The van der Waals surface area contributed by atoms with Crippen LogP contribution >= 0.6 is 0 Å². The molecule has 0 amide bonds. The molecule has 0 unspecified atom stereocenters. The lowest BCUT2D eigenvalue weighted by Gasteiger charge is -2.07. The van der Waals surface area contributed by atoms with E-state index in [4.69, 9.17) is 0 Å². The highest BCUT2D eigenvalue weighted by Gasteiger charge is 2.31. The van der Waals surface area contributed by atoms with Gasteiger partial charge in [0.15, 0.2) is 0 Å². The normalized spacial score (nSPS) is 14.5. The smallest absolute Gasteiger partial charge is 0.166 e. The molecule has 0 spiro atoms. The minimum atomic E-state index is -4.18. The predicted molar refractivity (Wildman–Crippen MR) is 48.4 cm³/mol. The first-order valence-electron chi connectivity index (χ1n) is 4.32. The fourth-order valence-electron chi connectivity index (χ4n) is 0.807. The molecule has 0 aromatic heterocycles. The second kappa shape index (κ2) is 5.10. The monoisotopic (exact) mass is 192 g/mol. The molecule has 0 aromatic rings. The molecule has 0 atom stereocenters. The Morgan fingerprint density at radius 2 is 1.85 bits per heavy atom. The van der Waals surface area contributed by atoms with Gasteiger partial charge < -0.3 is 0 Å². The van der Waals surface area contributed by atoms with Gasteiger partial charge in [0.1, 0.15) is 0 Å². The molecule has 0 radical (unpaired) electrons. The van der Waals surface area contributed by atoms with E-state index >= 15 is 0 Å². The van der Waals surface area contributed by atoms with E-state index < -0.39 is 11.7 Å². The van der Waals surface area contributed by atoms with E-state index in [1.807, 2.05) is 13.8 Å². The molecule has 0 fully saturated rings. The van der Waals surface area contributed by atoms with Gasteiger partial charge in [0.2, 0.25) is 0 Å². The van der Waals surface area contributed by atoms with Gasteiger partial charge in [0, 0.05) is 5.57 Å². The molecule has 0 bridgehead atoms. The van der Waals surface area contributed by atoms with Crippen molar-refractivity contribution in [2.24, 2.45) is 5.92 Å². The third kappa shape index (κ3) is 5.50. The molecule has 13 heavy (non-hydrogen) atoms. The number of halogens is 3. The van der Waals surface area contributed by atoms with Crippen LogP contribution in [0, 0.1) is 5.92 Å². The Bertz CT molecular complexity index is 197. The molecule has 0 saturated carbocycles. The molecule has 0 N–H and O–H groups in total. The molecular formula is C10H15F3. The van der Waals surface area contributed by atoms with Crippen LogP contribution in [0.5, 0.6) is 0 Å². The van der Waals surface area contributed by atoms with Crippen molar-refractivity contribution in [2.75, 3.05) is 0 Å². The molecule has 0 aliphatic carbocycles. The number of allylic oxidation sites excluding steroid dienone is 4. The lowest BCUT2D eigenvalue weighted by Crippen LogP contribution is -2.10. The summed E-state index contributed by atoms with van der Waals surface area (Å²) in [5.74, 6) is 0.280. The third-order valence-corrected chi connectivity index (χ3v) is 1.54. The van der Waals surface area contributed by atoms with Crippen LogP contribution in [0.1, 0.15) is 27.2 Å². The second-order valence-electron chi connectivity index (χ2n) is 3.17. The van der Waals surface area contributed by atoms with Crippen LogP contribution in [-0.2, 0) is 0 Å². The summed E-state index contributed by atoms with van der Waals surface area (Å²) >= 11 is 0. The summed E-state index contributed by atoms with van der Waals surface area (Å²) in [4.78, 5) is 0. The molecule has 0 aliphatic heterocycles. The lowest BCUT2D eigenvalue weighted by atomic mass is 10.1. The van der Waals surface area contributed by atoms with Gasteiger partial charge in [-0.1, -0.05) is 39.0 Å². The zero-order chi connectivity index (χ0) is 10.5. The maximum absolute atomic E-state index is 12.1. The largest absolute Gasteiger partial charge is 0.412 e. The molecule has 3 heteroatoms. The highest BCUT2D eigenvalue weighted by atomic mass is 19.4. The van der Waals surface area contributed by atoms with Crippen molar-refractivity contribution in [3.63, 3.8) is 0 Å². The topological polar surface area (TPSA) is 0 Å². The fourth-order valence-corrected chi connectivity index (χ4v) is 0.807. The van der Waals surface area contributed by atoms with E-state index in [0.29, 0.717) is 0 Å². The van der Waals surface area contributed by atoms with Crippen LogP contribution in [0.25, 0.3) is 0 Å². The van der Waals surface area contributed by atoms with E-state index in [2.05, 4.69) is 0 Å². The van der Waals surface area contributed by atoms with Crippen LogP contribution in [0.4, 0.5) is 13.2 Å². The van der Waals surface area contributed by atoms with Crippen LogP contribution in [0.3, 0.4) is 0 Å². The van der Waals surface area contributed by atoms with Crippen LogP contribution < -0.4 is 0 Å². The van der Waals surface area contributed by atoms with Gasteiger partial charge in [0.25, 0.3) is 0 Å². The van der Waals surface area contributed by atoms with Crippen molar-refractivity contribution >= 4 is 0 Å². The van der Waals surface area contributed by atoms with E-state index in [0.717, 1.165) is 6.08 Å². The SMILES string of the molecule is CC/C(=C\C=C/C(C)C)C(F)(F)F. The first kappa shape index (κ1) is 12.3. The van der Waals surface area contributed by atoms with Crippen molar-refractivity contribution < 1.29 is 13.2 Å². The van der Waals surface area contributed by atoms with Crippen molar-refractivity contribution in [3.8, 4) is 0 Å². The molecule has 0 aliphatic rings. The van der Waals surface area contributed by atoms with Gasteiger partial charge in [-0.3, -0.25) is 0 Å². The Kier molecular flexibility index (Phi) is 4.81. The van der Waals surface area contributed by atoms with Gasteiger partial charge in [0.05, 0.1) is 0 Å². The standard InChI is InChI=1S/C10H15F3/c1-4-9(10(11,12)13)7-5-6-8(2)3/h5-8H,4H2,1-3H3/b6-5-,9-7+. The van der Waals surface area contributed by atoms with Crippen LogP contribution in [0.15, 0.2) is 23.8 Å². The molecule has 0 heterocycles. The fraction of sp³-hybridized carbons (Fsp3) is 0.600. The van der Waals surface area contributed by atoms with E-state index in [-0.39, 0.29) is 12.3 Å². The zero-order valence-electron chi connectivity index (χ0n) is 8.15. The number of alkyl halides is 3. The summed E-state index contributed by atoms with van der Waals surface area (Å²) in [7, 11) is 0. The molecule has 0 nitrogen and oxygen atoms in total. The Labute approximate surface area is 77.1 Å². The molecule has 0 rings (SSSR count). The number of rotatable bonds is 3. The maximum atomic E-state index is 12.1. The molecule has 0 aromatic carbocycles. The van der Waals surface area contributed by atoms with Gasteiger partial charge in [-0.05, 0) is 12.3 Å². The zero-order valence-corrected chi connectivity index (χ0v) is 8.15. The summed E-state index contributed by atoms with van der Waals surface area (Å²) in [6.07, 6.45) is 0.181. The summed E-state index contributed by atoms with van der Waals surface area (Å²) in [5, 5.41) is 0. The van der Waals surface area contributed by atoms with Gasteiger partial charge >= 0.3 is 6.18 Å². The summed E-state index contributed by atoms with van der Waals surface area (Å²) in [5.41, 5.74) is -0.482. The van der Waals surface area contributed by atoms with Gasteiger partial charge in [-0.15, -0.1) is 0 Å². The van der Waals surface area contributed by atoms with Crippen molar-refractivity contribution in [1.29, 1.82) is 0 Å². The minimum absolute atomic E-state index is 0.0198. The summed E-state index contributed by atoms with van der Waals surface area (Å²) < 4.78 is 36.4. The quantitative estimate of drug-likeness (QED) is 0.590. The van der Waals surface area contributed by atoms with E-state index in [1.54, 1.807) is 6.08 Å². The lowest BCUT2D eigenvalue weighted by molar-refractivity contribution is -0.0935. The Morgan fingerprint density at radius 3 is 2.15 bits per heavy atom. The Balaban J connectivity index is 4.41. The van der Waals surface area contributed by atoms with E-state index in [1.165, 1.54) is 13.0 Å². The Hall–Kier alpha value is -0.730. The molecule has 0 saturated heterocycles. The van der Waals surface area contributed by atoms with Crippen molar-refractivity contribution in [3.05, 3.63) is 23.8 Å². The number of hydrogen-bond acceptors (Lipinski definition) is 0. The molecular weight excluding hydrogens is 177 g/mol. The van der Waals surface area contributed by atoms with Crippen LogP contribution in [-0.4, -0.2) is 6.18 Å². The van der Waals surface area contributed by atoms with Crippen molar-refractivity contribution in [2.45, 2.75) is 33.4 Å². The average molecular weight is 192 g/mol. The minimum Gasteiger partial charge on any atom is -0.166 e. The average Bonchev–Trinajstić information content (AvgIpc) is 1.95. The second-order valence-corrected chi connectivity index (χ2v) is 3.17. The van der Waals surface area contributed by atoms with Gasteiger partial charge in [-0.2, -0.15) is 13.2 Å². The highest BCUT2D eigenvalue weighted by Crippen LogP contribution is 2.27. The van der Waals surface area contributed by atoms with Crippen LogP contribution in [0.2, 0.25) is 0 Å². The maximum Gasteiger partial charge on any atom is 0.412 e. The van der Waals surface area contributed by atoms with E-state index in [9.17, 15) is 13.2 Å². The predicted octanol–water partition coefficient (Wildman–Crippen LogP) is 4.10. The van der Waals surface area contributed by atoms with Gasteiger partial charge in [-0.25, -0.2) is 0 Å². The Morgan fingerprint density at radius 1 is 1.31 bits per heavy atom. The highest BCUT2D eigenvalue weighted by molar-refractivity contribution is 5.16.